The van der Waals surface area contributed by atoms with Crippen LogP contribution in [0, 0.1) is 17.3 Å². The van der Waals surface area contributed by atoms with E-state index in [0.29, 0.717) is 18.6 Å². The highest BCUT2D eigenvalue weighted by Crippen LogP contribution is 2.48. The summed E-state index contributed by atoms with van der Waals surface area (Å²) in [6.45, 7) is 27.8. The molecule has 0 aromatic heterocycles. The van der Waals surface area contributed by atoms with Crippen LogP contribution in [0.15, 0.2) is 141 Å². The lowest BCUT2D eigenvalue weighted by Gasteiger charge is -2.20. The Balaban J connectivity index is 1.32. The molecule has 0 aromatic rings. The lowest BCUT2D eigenvalue weighted by Crippen LogP contribution is -2.16. The van der Waals surface area contributed by atoms with Crippen molar-refractivity contribution in [2.45, 2.75) is 147 Å². The Labute approximate surface area is 359 Å². The lowest BCUT2D eigenvalue weighted by atomic mass is 9.84. The molecule has 0 radical (unpaired) electrons. The number of ether oxygens (including phenoxy) is 1. The molecule has 6 aliphatic rings. The Morgan fingerprint density at radius 3 is 2.22 bits per heavy atom. The monoisotopic (exact) mass is 813 g/mol. The van der Waals surface area contributed by atoms with E-state index in [0.717, 1.165) is 122 Å². The van der Waals surface area contributed by atoms with Crippen molar-refractivity contribution in [3.05, 3.63) is 126 Å². The predicted molar refractivity (Wildman–Crippen MR) is 248 cm³/mol. The number of nitrogens with one attached hydrogen (secondary N) is 1. The number of aliphatic imine (C=N–C) groups is 3. The summed E-state index contributed by atoms with van der Waals surface area (Å²) < 4.78 is 5.78. The molecule has 5 aliphatic heterocycles. The highest BCUT2D eigenvalue weighted by Gasteiger charge is 2.42. The van der Waals surface area contributed by atoms with Gasteiger partial charge >= 0.3 is 5.97 Å². The molecule has 8 heteroatoms. The van der Waals surface area contributed by atoms with Crippen molar-refractivity contribution in [3.63, 3.8) is 0 Å². The Bertz CT molecular complexity index is 2300. The number of aliphatic hydroxyl groups excluding tert-OH is 2. The molecule has 3 N–H and O–H groups in total. The SMILES string of the molecule is CC(C)=CCC/C(C)=C/CC/C(C)=C/COC(=O)CC[C@@H]1C2=C3CC(O)=C4C3=NC(=C4C)C=C3N=C(C=C4N=C(C(C)=C4C(C)O)C(C)=C(N2)[C@H]1C)C(C)=C3CC(C)(C)C. The second-order valence-electron chi connectivity index (χ2n) is 19.2. The van der Waals surface area contributed by atoms with Gasteiger partial charge in [-0.1, -0.05) is 56.6 Å². The largest absolute Gasteiger partial charge is 0.511 e. The average Bonchev–Trinajstić information content (AvgIpc) is 3.92. The number of aliphatic hydroxyl groups is 2. The van der Waals surface area contributed by atoms with E-state index < -0.39 is 6.10 Å². The Morgan fingerprint density at radius 1 is 0.867 bits per heavy atom. The minimum absolute atomic E-state index is 0.00421. The highest BCUT2D eigenvalue weighted by atomic mass is 16.5. The summed E-state index contributed by atoms with van der Waals surface area (Å²) in [6, 6.07) is 0. The van der Waals surface area contributed by atoms with Crippen molar-refractivity contribution < 1.29 is 19.7 Å². The van der Waals surface area contributed by atoms with Crippen molar-refractivity contribution in [1.29, 1.82) is 0 Å². The quantitative estimate of drug-likeness (QED) is 0.126. The molecule has 8 nitrogen and oxygen atoms in total. The van der Waals surface area contributed by atoms with Gasteiger partial charge in [-0.2, -0.15) is 0 Å². The van der Waals surface area contributed by atoms with E-state index >= 15 is 0 Å². The second-order valence-corrected chi connectivity index (χ2v) is 19.2. The summed E-state index contributed by atoms with van der Waals surface area (Å²) in [4.78, 5) is 29.0. The van der Waals surface area contributed by atoms with Crippen molar-refractivity contribution >= 4 is 23.1 Å². The summed E-state index contributed by atoms with van der Waals surface area (Å²) in [5.74, 6) is 0.0335. The molecule has 0 saturated carbocycles. The van der Waals surface area contributed by atoms with Crippen molar-refractivity contribution in [2.24, 2.45) is 32.2 Å². The van der Waals surface area contributed by atoms with Gasteiger partial charge < -0.3 is 20.3 Å². The van der Waals surface area contributed by atoms with Crippen LogP contribution in [0.2, 0.25) is 0 Å². The number of hydrogen-bond acceptors (Lipinski definition) is 8. The molecule has 8 bridgehead atoms. The fraction of sp³-hybridized carbons (Fsp3) is 0.500. The van der Waals surface area contributed by atoms with E-state index in [-0.39, 0.29) is 36.2 Å². The molecular weight excluding hydrogens is 745 g/mol. The minimum atomic E-state index is -0.731. The third-order valence-corrected chi connectivity index (χ3v) is 12.7. The van der Waals surface area contributed by atoms with E-state index in [1.54, 1.807) is 6.92 Å². The number of allylic oxidation sites excluding steroid dienone is 16. The van der Waals surface area contributed by atoms with Crippen molar-refractivity contribution in [2.75, 3.05) is 6.61 Å². The third kappa shape index (κ3) is 9.54. The standard InChI is InChI=1S/C52H68N4O4/c1-28(2)16-14-17-29(3)18-15-19-30(4)22-23-60-45(59)21-20-37-32(6)48-35(9)49-34(8)46(36(10)57)43(55-49)26-40-31(5)39(27-52(11,12)13)42(53-40)25-41-33(7)47-44(58)24-38(50(37)56-48)51(47)54-41/h16,18,22,25-26,32,36-37,56-58H,14-15,17,19-21,23-24,27H2,1-13H3/b29-18+,30-22+,42-25?,43-26?,48-35?,50-38?/t32-,36?,37-/m0/s1. The van der Waals surface area contributed by atoms with E-state index in [9.17, 15) is 15.0 Å². The Hall–Kier alpha value is -4.82. The number of carbonyl (C=O) groups is 1. The lowest BCUT2D eigenvalue weighted by molar-refractivity contribution is -0.142. The Kier molecular flexibility index (Phi) is 13.4. The number of fused-ring (bicyclic) bond motifs is 5. The average molecular weight is 813 g/mol. The Morgan fingerprint density at radius 2 is 1.55 bits per heavy atom. The molecule has 1 unspecified atom stereocenters. The summed E-state index contributed by atoms with van der Waals surface area (Å²) in [7, 11) is 0. The summed E-state index contributed by atoms with van der Waals surface area (Å²) in [5, 5.41) is 26.6. The van der Waals surface area contributed by atoms with Crippen LogP contribution in [0.4, 0.5) is 0 Å². The van der Waals surface area contributed by atoms with Crippen LogP contribution in [0.25, 0.3) is 0 Å². The number of hydrogen-bond donors (Lipinski definition) is 3. The molecule has 0 spiro atoms. The third-order valence-electron chi connectivity index (χ3n) is 12.7. The van der Waals surface area contributed by atoms with Crippen LogP contribution >= 0.6 is 0 Å². The van der Waals surface area contributed by atoms with Crippen LogP contribution in [0.3, 0.4) is 0 Å². The van der Waals surface area contributed by atoms with Gasteiger partial charge in [0.25, 0.3) is 0 Å². The summed E-state index contributed by atoms with van der Waals surface area (Å²) >= 11 is 0. The first kappa shape index (κ1) is 44.7. The van der Waals surface area contributed by atoms with Crippen LogP contribution < -0.4 is 5.32 Å². The van der Waals surface area contributed by atoms with E-state index in [2.05, 4.69) is 92.8 Å². The normalized spacial score (nSPS) is 22.5. The molecule has 0 amide bonds. The summed E-state index contributed by atoms with van der Waals surface area (Å²) in [5.41, 5.74) is 18.5. The van der Waals surface area contributed by atoms with Crippen molar-refractivity contribution in [3.8, 4) is 0 Å². The van der Waals surface area contributed by atoms with Gasteiger partial charge in [-0.3, -0.25) is 4.79 Å². The van der Waals surface area contributed by atoms with Crippen LogP contribution in [-0.4, -0.2) is 46.0 Å². The maximum absolute atomic E-state index is 13.3. The molecule has 320 valence electrons. The van der Waals surface area contributed by atoms with Crippen LogP contribution in [-0.2, 0) is 9.53 Å². The molecule has 3 atom stereocenters. The molecule has 1 fully saturated rings. The zero-order chi connectivity index (χ0) is 43.8. The van der Waals surface area contributed by atoms with Gasteiger partial charge in [-0.05, 0) is 152 Å². The van der Waals surface area contributed by atoms with Gasteiger partial charge in [-0.15, -0.1) is 0 Å². The predicted octanol–water partition coefficient (Wildman–Crippen LogP) is 12.2. The van der Waals surface area contributed by atoms with Gasteiger partial charge in [0.2, 0.25) is 0 Å². The van der Waals surface area contributed by atoms with Crippen LogP contribution in [0.5, 0.6) is 0 Å². The van der Waals surface area contributed by atoms with Gasteiger partial charge in [0.1, 0.15) is 12.4 Å². The first-order valence-electron chi connectivity index (χ1n) is 22.0. The van der Waals surface area contributed by atoms with E-state index in [1.807, 2.05) is 26.0 Å². The number of esters is 1. The first-order chi connectivity index (χ1) is 28.2. The number of rotatable bonds is 13. The minimum Gasteiger partial charge on any atom is -0.511 e. The number of nitrogens with zero attached hydrogens (tertiary/aromatic N) is 3. The first-order valence-corrected chi connectivity index (χ1v) is 22.0. The van der Waals surface area contributed by atoms with E-state index in [1.165, 1.54) is 16.7 Å². The van der Waals surface area contributed by atoms with Gasteiger partial charge in [-0.25, -0.2) is 15.0 Å². The van der Waals surface area contributed by atoms with Gasteiger partial charge in [0.15, 0.2) is 0 Å². The molecule has 6 rings (SSSR count). The smallest absolute Gasteiger partial charge is 0.306 e. The van der Waals surface area contributed by atoms with Gasteiger partial charge in [0, 0.05) is 52.8 Å². The molecule has 0 aromatic carbocycles. The molecule has 1 saturated heterocycles. The second kappa shape index (κ2) is 18.0. The van der Waals surface area contributed by atoms with Gasteiger partial charge in [0.05, 0.1) is 40.3 Å². The van der Waals surface area contributed by atoms with E-state index in [4.69, 9.17) is 19.7 Å². The fourth-order valence-electron chi connectivity index (χ4n) is 9.35. The highest BCUT2D eigenvalue weighted by molar-refractivity contribution is 6.21. The van der Waals surface area contributed by atoms with Crippen molar-refractivity contribution in [1.82, 2.24) is 5.32 Å². The van der Waals surface area contributed by atoms with Crippen LogP contribution in [0.1, 0.15) is 141 Å². The zero-order valence-electron chi connectivity index (χ0n) is 38.5. The molecule has 5 heterocycles. The maximum Gasteiger partial charge on any atom is 0.306 e. The molecule has 60 heavy (non-hydrogen) atoms. The topological polar surface area (TPSA) is 116 Å². The maximum atomic E-state index is 13.3. The molecular formula is C52H68N4O4. The fourth-order valence-corrected chi connectivity index (χ4v) is 9.35. The summed E-state index contributed by atoms with van der Waals surface area (Å²) in [6.07, 6.45) is 16.1. The zero-order valence-corrected chi connectivity index (χ0v) is 38.5. The molecule has 1 aliphatic carbocycles. The number of carbonyl (C=O) groups excluding carboxylic acids is 1.